The summed E-state index contributed by atoms with van der Waals surface area (Å²) in [4.78, 5) is 2.27. The second-order valence-corrected chi connectivity index (χ2v) is 6.40. The van der Waals surface area contributed by atoms with Gasteiger partial charge in [-0.05, 0) is 7.05 Å². The Morgan fingerprint density at radius 2 is 2.00 bits per heavy atom. The third-order valence-corrected chi connectivity index (χ3v) is 5.40. The van der Waals surface area contributed by atoms with E-state index in [0.717, 1.165) is 24.6 Å². The highest BCUT2D eigenvalue weighted by Crippen LogP contribution is 2.41. The second kappa shape index (κ2) is 1.98. The van der Waals surface area contributed by atoms with Crippen molar-refractivity contribution in [2.45, 2.75) is 0 Å². The smallest absolute Gasteiger partial charge is 0.0478 e. The summed E-state index contributed by atoms with van der Waals surface area (Å²) in [6.45, 7) is 2.25. The first-order valence-electron chi connectivity index (χ1n) is 3.87. The highest BCUT2D eigenvalue weighted by atomic mass is 32.2. The highest BCUT2D eigenvalue weighted by Gasteiger charge is 2.53. The van der Waals surface area contributed by atoms with E-state index in [2.05, 4.69) is 16.3 Å². The third-order valence-electron chi connectivity index (χ3n) is 2.61. The molecule has 0 radical (unpaired) electrons. The van der Waals surface area contributed by atoms with E-state index in [1.54, 1.807) is 7.05 Å². The molecule has 1 spiro atoms. The maximum atomic E-state index is 11.5. The monoisotopic (exact) mass is 174 g/mol. The van der Waals surface area contributed by atoms with Gasteiger partial charge in [0, 0.05) is 46.8 Å². The Balaban J connectivity index is 2.04. The van der Waals surface area contributed by atoms with E-state index in [1.807, 2.05) is 0 Å². The molecule has 0 aromatic rings. The van der Waals surface area contributed by atoms with Crippen LogP contribution < -0.4 is 0 Å². The lowest BCUT2D eigenvalue weighted by atomic mass is 9.83. The van der Waals surface area contributed by atoms with Gasteiger partial charge in [-0.15, -0.1) is 0 Å². The van der Waals surface area contributed by atoms with E-state index < -0.39 is 9.73 Å². The van der Waals surface area contributed by atoms with Gasteiger partial charge in [0.25, 0.3) is 0 Å². The molecule has 0 unspecified atom stereocenters. The molecule has 0 amide bonds. The van der Waals surface area contributed by atoms with Crippen LogP contribution >= 0.6 is 0 Å². The average Bonchev–Trinajstić information content (AvgIpc) is 1.81. The molecule has 0 bridgehead atoms. The van der Waals surface area contributed by atoms with Crippen LogP contribution in [0.3, 0.4) is 0 Å². The summed E-state index contributed by atoms with van der Waals surface area (Å²) in [7, 11) is 2.06. The van der Waals surface area contributed by atoms with Gasteiger partial charge in [-0.3, -0.25) is 0 Å². The summed E-state index contributed by atoms with van der Waals surface area (Å²) in [5.74, 6) is 1.70. The largest absolute Gasteiger partial charge is 0.305 e. The van der Waals surface area contributed by atoms with Crippen LogP contribution in [-0.2, 0) is 9.73 Å². The first-order chi connectivity index (χ1) is 5.08. The number of hydrogen-bond acceptors (Lipinski definition) is 3. The maximum absolute atomic E-state index is 11.5. The lowest BCUT2D eigenvalue weighted by Crippen LogP contribution is -2.67. The van der Waals surface area contributed by atoms with E-state index in [0.29, 0.717) is 5.41 Å². The molecule has 0 atom stereocenters. The zero-order chi connectivity index (χ0) is 8.11. The first kappa shape index (κ1) is 7.55. The molecule has 0 aromatic heterocycles. The molecule has 2 saturated heterocycles. The van der Waals surface area contributed by atoms with Gasteiger partial charge in [-0.2, -0.15) is 0 Å². The first-order valence-corrected chi connectivity index (χ1v) is 5.72. The van der Waals surface area contributed by atoms with Gasteiger partial charge in [0.2, 0.25) is 0 Å². The molecule has 2 aliphatic heterocycles. The van der Waals surface area contributed by atoms with Crippen LogP contribution in [-0.4, -0.2) is 47.8 Å². The zero-order valence-electron chi connectivity index (χ0n) is 7.04. The van der Waals surface area contributed by atoms with Crippen LogP contribution in [0.15, 0.2) is 4.36 Å². The van der Waals surface area contributed by atoms with Crippen molar-refractivity contribution in [3.63, 3.8) is 0 Å². The molecule has 2 heterocycles. The molecule has 2 aliphatic rings. The number of rotatable bonds is 0. The van der Waals surface area contributed by atoms with Crippen molar-refractivity contribution in [2.75, 3.05) is 38.7 Å². The fraction of sp³-hybridized carbons (Fsp3) is 1.00. The van der Waals surface area contributed by atoms with E-state index in [4.69, 9.17) is 0 Å². The lowest BCUT2D eigenvalue weighted by Gasteiger charge is -2.55. The van der Waals surface area contributed by atoms with Gasteiger partial charge in [0.15, 0.2) is 0 Å². The van der Waals surface area contributed by atoms with Crippen LogP contribution in [0.1, 0.15) is 0 Å². The van der Waals surface area contributed by atoms with E-state index in [9.17, 15) is 4.21 Å². The fourth-order valence-corrected chi connectivity index (χ4v) is 4.78. The van der Waals surface area contributed by atoms with Crippen molar-refractivity contribution in [2.24, 2.45) is 9.78 Å². The SMILES string of the molecule is CN=S1(=O)CC2(CN(C)C2)C1. The van der Waals surface area contributed by atoms with Crippen molar-refractivity contribution < 1.29 is 4.21 Å². The normalized spacial score (nSPS) is 32.5. The van der Waals surface area contributed by atoms with Crippen LogP contribution in [0, 0.1) is 5.41 Å². The van der Waals surface area contributed by atoms with Crippen molar-refractivity contribution in [1.82, 2.24) is 4.90 Å². The molecular weight excluding hydrogens is 160 g/mol. The third kappa shape index (κ3) is 0.999. The highest BCUT2D eigenvalue weighted by molar-refractivity contribution is 7.95. The van der Waals surface area contributed by atoms with E-state index in [1.165, 1.54) is 0 Å². The van der Waals surface area contributed by atoms with Crippen LogP contribution in [0.25, 0.3) is 0 Å². The van der Waals surface area contributed by atoms with Crippen LogP contribution in [0.4, 0.5) is 0 Å². The number of likely N-dealkylation sites (tertiary alicyclic amines) is 1. The van der Waals surface area contributed by atoms with Gasteiger partial charge < -0.3 is 4.90 Å². The van der Waals surface area contributed by atoms with Crippen molar-refractivity contribution in [3.8, 4) is 0 Å². The molecule has 64 valence electrons. The lowest BCUT2D eigenvalue weighted by molar-refractivity contribution is 0.0515. The topological polar surface area (TPSA) is 32.7 Å². The standard InChI is InChI=1S/C7H14N2OS/c1-8-11(10)5-7(6-11)3-9(2)4-7/h3-6H2,1-2H3. The fourth-order valence-electron chi connectivity index (χ4n) is 2.33. The molecule has 11 heavy (non-hydrogen) atoms. The predicted molar refractivity (Wildman–Crippen MR) is 46.2 cm³/mol. The predicted octanol–water partition coefficient (Wildman–Crippen LogP) is 0.0296. The summed E-state index contributed by atoms with van der Waals surface area (Å²) >= 11 is 0. The molecule has 0 saturated carbocycles. The molecule has 0 N–H and O–H groups in total. The molecule has 4 heteroatoms. The summed E-state index contributed by atoms with van der Waals surface area (Å²) in [6, 6.07) is 0. The number of nitrogens with zero attached hydrogens (tertiary/aromatic N) is 2. The summed E-state index contributed by atoms with van der Waals surface area (Å²) in [5, 5.41) is 0. The minimum atomic E-state index is -1.72. The molecule has 0 aromatic carbocycles. The van der Waals surface area contributed by atoms with Gasteiger partial charge in [0.05, 0.1) is 0 Å². The summed E-state index contributed by atoms with van der Waals surface area (Å²) in [6.07, 6.45) is 0. The van der Waals surface area contributed by atoms with E-state index in [-0.39, 0.29) is 0 Å². The minimum Gasteiger partial charge on any atom is -0.305 e. The zero-order valence-corrected chi connectivity index (χ0v) is 7.86. The Labute approximate surface area is 68.0 Å². The Bertz CT molecular complexity index is 271. The van der Waals surface area contributed by atoms with Crippen LogP contribution in [0.2, 0.25) is 0 Å². The average molecular weight is 174 g/mol. The van der Waals surface area contributed by atoms with E-state index >= 15 is 0 Å². The van der Waals surface area contributed by atoms with Gasteiger partial charge in [-0.25, -0.2) is 8.57 Å². The molecule has 3 nitrogen and oxygen atoms in total. The summed E-state index contributed by atoms with van der Waals surface area (Å²) < 4.78 is 15.5. The van der Waals surface area contributed by atoms with Crippen molar-refractivity contribution >= 4 is 9.73 Å². The quantitative estimate of drug-likeness (QED) is 0.519. The Kier molecular flexibility index (Phi) is 1.36. The molecule has 2 fully saturated rings. The Morgan fingerprint density at radius 1 is 1.45 bits per heavy atom. The van der Waals surface area contributed by atoms with Crippen molar-refractivity contribution in [1.29, 1.82) is 0 Å². The molecular formula is C7H14N2OS. The van der Waals surface area contributed by atoms with Crippen molar-refractivity contribution in [3.05, 3.63) is 0 Å². The Morgan fingerprint density at radius 3 is 2.36 bits per heavy atom. The Hall–Kier alpha value is -0.0900. The van der Waals surface area contributed by atoms with Gasteiger partial charge in [-0.1, -0.05) is 0 Å². The molecule has 0 aliphatic carbocycles. The summed E-state index contributed by atoms with van der Waals surface area (Å²) in [5.41, 5.74) is 0.408. The number of hydrogen-bond donors (Lipinski definition) is 0. The molecule has 2 rings (SSSR count). The van der Waals surface area contributed by atoms with Gasteiger partial charge >= 0.3 is 0 Å². The minimum absolute atomic E-state index is 0.408. The van der Waals surface area contributed by atoms with Crippen LogP contribution in [0.5, 0.6) is 0 Å². The van der Waals surface area contributed by atoms with Gasteiger partial charge in [0.1, 0.15) is 0 Å². The maximum Gasteiger partial charge on any atom is 0.0478 e. The second-order valence-electron chi connectivity index (χ2n) is 3.92.